The molecule has 1 aliphatic rings. The molecule has 0 bridgehead atoms. The van der Waals surface area contributed by atoms with Gasteiger partial charge in [0.2, 0.25) is 0 Å². The van der Waals surface area contributed by atoms with E-state index < -0.39 is 5.60 Å². The fourth-order valence-electron chi connectivity index (χ4n) is 2.46. The van der Waals surface area contributed by atoms with Crippen LogP contribution in [0.1, 0.15) is 31.7 Å². The van der Waals surface area contributed by atoms with Gasteiger partial charge in [0.05, 0.1) is 12.6 Å². The molecule has 0 saturated carbocycles. The van der Waals surface area contributed by atoms with Crippen molar-refractivity contribution in [3.05, 3.63) is 34.3 Å². The fraction of sp³-hybridized carbons (Fsp3) is 0.562. The molecule has 0 aromatic heterocycles. The third-order valence-electron chi connectivity index (χ3n) is 4.01. The van der Waals surface area contributed by atoms with E-state index in [1.54, 1.807) is 0 Å². The number of aliphatic imine (C=N–C) groups is 1. The van der Waals surface area contributed by atoms with Gasteiger partial charge in [0.15, 0.2) is 5.96 Å². The number of aliphatic hydroxyl groups is 1. The lowest BCUT2D eigenvalue weighted by Gasteiger charge is -2.25. The molecule has 0 amide bonds. The van der Waals surface area contributed by atoms with E-state index in [2.05, 4.69) is 26.2 Å². The highest BCUT2D eigenvalue weighted by Crippen LogP contribution is 2.26. The summed E-state index contributed by atoms with van der Waals surface area (Å²) in [5.74, 6) is 0.347. The molecule has 2 unspecified atom stereocenters. The Balaban J connectivity index is 1.93. The van der Waals surface area contributed by atoms with Crippen molar-refractivity contribution in [3.8, 4) is 0 Å². The van der Waals surface area contributed by atoms with Crippen molar-refractivity contribution in [2.45, 2.75) is 37.9 Å². The first-order chi connectivity index (χ1) is 10.5. The Morgan fingerprint density at radius 2 is 2.23 bits per heavy atom. The highest BCUT2D eigenvalue weighted by Gasteiger charge is 2.27. The summed E-state index contributed by atoms with van der Waals surface area (Å²) in [6.07, 6.45) is 2.93. The quantitative estimate of drug-likeness (QED) is 0.530. The number of hydrogen-bond acceptors (Lipinski definition) is 3. The Bertz CT molecular complexity index is 501. The van der Waals surface area contributed by atoms with E-state index in [9.17, 15) is 5.11 Å². The monoisotopic (exact) mass is 369 g/mol. The van der Waals surface area contributed by atoms with Gasteiger partial charge in [-0.05, 0) is 37.0 Å². The minimum absolute atomic E-state index is 0.213. The maximum absolute atomic E-state index is 10.8. The van der Waals surface area contributed by atoms with Gasteiger partial charge in [-0.15, -0.1) is 0 Å². The molecule has 1 aliphatic heterocycles. The zero-order valence-corrected chi connectivity index (χ0v) is 14.5. The maximum atomic E-state index is 10.8. The van der Waals surface area contributed by atoms with Gasteiger partial charge in [-0.25, -0.2) is 0 Å². The number of rotatable bonds is 6. The number of nitrogens with two attached hydrogens (primary N) is 1. The van der Waals surface area contributed by atoms with Gasteiger partial charge in [0.25, 0.3) is 0 Å². The molecule has 0 aliphatic carbocycles. The molecule has 4 N–H and O–H groups in total. The largest absolute Gasteiger partial charge is 0.383 e. The standard InChI is InChI=1S/C16H24BrN3O2/c1-2-16(21,12-5-7-13(17)8-6-12)11-20-15(18)19-10-14-4-3-9-22-14/h5-8,14,21H,2-4,9-11H2,1H3,(H3,18,19,20). The van der Waals surface area contributed by atoms with E-state index in [-0.39, 0.29) is 12.6 Å². The average molecular weight is 370 g/mol. The summed E-state index contributed by atoms with van der Waals surface area (Å²) >= 11 is 3.40. The molecule has 1 heterocycles. The number of guanidine groups is 1. The van der Waals surface area contributed by atoms with Crippen molar-refractivity contribution < 1.29 is 9.84 Å². The van der Waals surface area contributed by atoms with Gasteiger partial charge in [-0.3, -0.25) is 4.99 Å². The van der Waals surface area contributed by atoms with Gasteiger partial charge in [-0.2, -0.15) is 0 Å². The normalized spacial score (nSPS) is 21.6. The second-order valence-corrected chi connectivity index (χ2v) is 6.53. The van der Waals surface area contributed by atoms with Crippen LogP contribution in [0.3, 0.4) is 0 Å². The lowest BCUT2D eigenvalue weighted by atomic mass is 9.91. The first kappa shape index (κ1) is 17.2. The summed E-state index contributed by atoms with van der Waals surface area (Å²) in [7, 11) is 0. The van der Waals surface area contributed by atoms with Crippen LogP contribution in [-0.4, -0.2) is 36.9 Å². The van der Waals surface area contributed by atoms with Crippen LogP contribution in [0.4, 0.5) is 0 Å². The molecule has 122 valence electrons. The van der Waals surface area contributed by atoms with Crippen molar-refractivity contribution in [3.63, 3.8) is 0 Å². The minimum Gasteiger partial charge on any atom is -0.383 e. The maximum Gasteiger partial charge on any atom is 0.188 e. The van der Waals surface area contributed by atoms with Crippen LogP contribution >= 0.6 is 15.9 Å². The molecule has 0 radical (unpaired) electrons. The Labute approximate surface area is 140 Å². The predicted octanol–water partition coefficient (Wildman–Crippen LogP) is 2.13. The Hall–Kier alpha value is -1.11. The topological polar surface area (TPSA) is 79.9 Å². The first-order valence-electron chi connectivity index (χ1n) is 7.67. The lowest BCUT2D eigenvalue weighted by Crippen LogP contribution is -2.39. The smallest absolute Gasteiger partial charge is 0.188 e. The Kier molecular flexibility index (Phi) is 6.23. The molecule has 0 spiro atoms. The number of halogens is 1. The molecule has 2 rings (SSSR count). The van der Waals surface area contributed by atoms with Crippen LogP contribution in [0.25, 0.3) is 0 Å². The van der Waals surface area contributed by atoms with E-state index in [0.717, 1.165) is 29.5 Å². The summed E-state index contributed by atoms with van der Waals surface area (Å²) in [5.41, 5.74) is 5.72. The van der Waals surface area contributed by atoms with Crippen molar-refractivity contribution in [1.82, 2.24) is 5.32 Å². The molecule has 5 nitrogen and oxygen atoms in total. The van der Waals surface area contributed by atoms with Crippen LogP contribution in [0, 0.1) is 0 Å². The Morgan fingerprint density at radius 1 is 1.50 bits per heavy atom. The van der Waals surface area contributed by atoms with E-state index in [1.165, 1.54) is 0 Å². The van der Waals surface area contributed by atoms with Crippen LogP contribution < -0.4 is 11.1 Å². The molecule has 1 fully saturated rings. The SMILES string of the molecule is CCC(O)(CN=C(N)NCC1CCCO1)c1ccc(Br)cc1. The minimum atomic E-state index is -1.00. The second-order valence-electron chi connectivity index (χ2n) is 5.61. The zero-order chi connectivity index (χ0) is 16.0. The van der Waals surface area contributed by atoms with Gasteiger partial charge in [-0.1, -0.05) is 35.0 Å². The van der Waals surface area contributed by atoms with Gasteiger partial charge in [0, 0.05) is 17.6 Å². The zero-order valence-electron chi connectivity index (χ0n) is 12.9. The molecular formula is C16H24BrN3O2. The van der Waals surface area contributed by atoms with Crippen molar-refractivity contribution in [2.24, 2.45) is 10.7 Å². The van der Waals surface area contributed by atoms with E-state index >= 15 is 0 Å². The van der Waals surface area contributed by atoms with E-state index in [1.807, 2.05) is 31.2 Å². The van der Waals surface area contributed by atoms with Crippen LogP contribution in [0.2, 0.25) is 0 Å². The first-order valence-corrected chi connectivity index (χ1v) is 8.46. The number of benzene rings is 1. The second kappa shape index (κ2) is 7.94. The van der Waals surface area contributed by atoms with E-state index in [0.29, 0.717) is 18.9 Å². The summed E-state index contributed by atoms with van der Waals surface area (Å²) in [4.78, 5) is 4.29. The number of nitrogens with zero attached hydrogens (tertiary/aromatic N) is 1. The number of hydrogen-bond donors (Lipinski definition) is 3. The predicted molar refractivity (Wildman–Crippen MR) is 91.8 cm³/mol. The summed E-state index contributed by atoms with van der Waals surface area (Å²) in [6, 6.07) is 7.63. The summed E-state index contributed by atoms with van der Waals surface area (Å²) < 4.78 is 6.51. The van der Waals surface area contributed by atoms with Crippen molar-refractivity contribution >= 4 is 21.9 Å². The third-order valence-corrected chi connectivity index (χ3v) is 4.54. The molecule has 2 atom stereocenters. The summed E-state index contributed by atoms with van der Waals surface area (Å²) in [6.45, 7) is 3.66. The van der Waals surface area contributed by atoms with Crippen molar-refractivity contribution in [2.75, 3.05) is 19.7 Å². The van der Waals surface area contributed by atoms with Gasteiger partial charge >= 0.3 is 0 Å². The van der Waals surface area contributed by atoms with Crippen molar-refractivity contribution in [1.29, 1.82) is 0 Å². The highest BCUT2D eigenvalue weighted by molar-refractivity contribution is 9.10. The van der Waals surface area contributed by atoms with E-state index in [4.69, 9.17) is 10.5 Å². The fourth-order valence-corrected chi connectivity index (χ4v) is 2.73. The van der Waals surface area contributed by atoms with Crippen LogP contribution in [0.5, 0.6) is 0 Å². The molecule has 1 saturated heterocycles. The highest BCUT2D eigenvalue weighted by atomic mass is 79.9. The molecule has 6 heteroatoms. The third kappa shape index (κ3) is 4.69. The average Bonchev–Trinajstić information content (AvgIpc) is 3.04. The molecular weight excluding hydrogens is 346 g/mol. The number of ether oxygens (including phenoxy) is 1. The Morgan fingerprint density at radius 3 is 2.82 bits per heavy atom. The summed E-state index contributed by atoms with van der Waals surface area (Å²) in [5, 5.41) is 13.8. The molecule has 1 aromatic carbocycles. The van der Waals surface area contributed by atoms with Crippen LogP contribution in [-0.2, 0) is 10.3 Å². The molecule has 1 aromatic rings. The lowest BCUT2D eigenvalue weighted by molar-refractivity contribution is 0.0423. The number of nitrogens with one attached hydrogen (secondary N) is 1. The van der Waals surface area contributed by atoms with Gasteiger partial charge < -0.3 is 20.9 Å². The van der Waals surface area contributed by atoms with Crippen LogP contribution in [0.15, 0.2) is 33.7 Å². The van der Waals surface area contributed by atoms with Gasteiger partial charge in [0.1, 0.15) is 5.60 Å². The molecule has 22 heavy (non-hydrogen) atoms.